The predicted octanol–water partition coefficient (Wildman–Crippen LogP) is 5.90. The fourth-order valence-electron chi connectivity index (χ4n) is 4.29. The molecule has 45 heavy (non-hydrogen) atoms. The van der Waals surface area contributed by atoms with Crippen molar-refractivity contribution in [2.24, 2.45) is 11.8 Å². The highest BCUT2D eigenvalue weighted by atomic mass is 32.1. The summed E-state index contributed by atoms with van der Waals surface area (Å²) in [7, 11) is 5.29. The normalized spacial score (nSPS) is 12.0. The lowest BCUT2D eigenvalue weighted by atomic mass is 10.0. The minimum Gasteiger partial charge on any atom is -0.504 e. The highest BCUT2D eigenvalue weighted by molar-refractivity contribution is 7.21. The second-order valence-corrected chi connectivity index (χ2v) is 12.0. The molecule has 2 aromatic carbocycles. The first-order valence-corrected chi connectivity index (χ1v) is 14.9. The number of phenolic OH excluding ortho intramolecular Hbond substituents is 2. The smallest absolute Gasteiger partial charge is 0.323 e. The predicted molar refractivity (Wildman–Crippen MR) is 167 cm³/mol. The number of hydrogen-bond acceptors (Lipinski definition) is 14. The highest BCUT2D eigenvalue weighted by Crippen LogP contribution is 2.45. The molecule has 0 bridgehead atoms. The minimum absolute atomic E-state index is 0.0322. The maximum Gasteiger partial charge on any atom is 0.323 e. The van der Waals surface area contributed by atoms with Crippen molar-refractivity contribution in [2.75, 3.05) is 28.4 Å². The maximum absolute atomic E-state index is 12.3. The molecule has 0 saturated carbocycles. The van der Waals surface area contributed by atoms with Gasteiger partial charge in [-0.3, -0.25) is 29.3 Å². The summed E-state index contributed by atoms with van der Waals surface area (Å²) < 4.78 is 20.4. The maximum atomic E-state index is 12.3. The van der Waals surface area contributed by atoms with Crippen molar-refractivity contribution in [1.82, 2.24) is 0 Å². The van der Waals surface area contributed by atoms with Crippen LogP contribution in [0.4, 0.5) is 5.69 Å². The summed E-state index contributed by atoms with van der Waals surface area (Å²) in [5.74, 6) is -2.68. The van der Waals surface area contributed by atoms with Crippen LogP contribution in [0.5, 0.6) is 23.0 Å². The monoisotopic (exact) mass is 661 g/mol. The zero-order valence-electron chi connectivity index (χ0n) is 25.2. The van der Waals surface area contributed by atoms with Crippen molar-refractivity contribution in [1.29, 1.82) is 0 Å². The molecule has 0 unspecified atom stereocenters. The van der Waals surface area contributed by atoms with Gasteiger partial charge in [0, 0.05) is 34.4 Å². The molecule has 0 saturated heterocycles. The van der Waals surface area contributed by atoms with Crippen molar-refractivity contribution in [3.8, 4) is 23.0 Å². The van der Waals surface area contributed by atoms with Crippen molar-refractivity contribution < 1.29 is 53.3 Å². The number of esters is 2. The van der Waals surface area contributed by atoms with Crippen molar-refractivity contribution in [2.45, 2.75) is 26.7 Å². The van der Waals surface area contributed by atoms with Crippen LogP contribution in [0.15, 0.2) is 30.3 Å². The van der Waals surface area contributed by atoms with E-state index in [1.165, 1.54) is 51.9 Å². The van der Waals surface area contributed by atoms with E-state index in [1.807, 2.05) is 0 Å². The Labute approximate surface area is 265 Å². The minimum atomic E-state index is -0.724. The van der Waals surface area contributed by atoms with E-state index >= 15 is 0 Å². The Morgan fingerprint density at radius 3 is 1.76 bits per heavy atom. The molecule has 2 heterocycles. The van der Waals surface area contributed by atoms with Crippen molar-refractivity contribution >= 4 is 72.0 Å². The molecule has 2 atom stereocenters. The Hall–Kier alpha value is -4.76. The highest BCUT2D eigenvalue weighted by Gasteiger charge is 2.27. The van der Waals surface area contributed by atoms with Crippen molar-refractivity contribution in [3.05, 3.63) is 50.2 Å². The van der Waals surface area contributed by atoms with Gasteiger partial charge in [0.15, 0.2) is 28.8 Å². The SMILES string of the molecule is COC(=O)[C@@H](C)CC(=O)c1cc2c([N+](=O)[O-])c(O)c(OC)cc2s1.COC(=O)[C@@H](C)CC(=O)c1cc2cc(O)c(OC)cc2s1. The molecule has 13 nitrogen and oxygen atoms in total. The number of benzene rings is 2. The molecule has 0 aliphatic heterocycles. The summed E-state index contributed by atoms with van der Waals surface area (Å²) in [6.45, 7) is 3.22. The number of carbonyl (C=O) groups is 4. The Kier molecular flexibility index (Phi) is 11.4. The third-order valence-electron chi connectivity index (χ3n) is 6.70. The molecule has 240 valence electrons. The van der Waals surface area contributed by atoms with E-state index in [0.717, 1.165) is 21.4 Å². The number of hydrogen-bond donors (Lipinski definition) is 2. The van der Waals surface area contributed by atoms with Crippen LogP contribution >= 0.6 is 22.7 Å². The number of rotatable bonds is 11. The van der Waals surface area contributed by atoms with Gasteiger partial charge in [-0.25, -0.2) is 0 Å². The number of aromatic hydroxyl groups is 2. The second kappa shape index (κ2) is 14.8. The van der Waals surface area contributed by atoms with Crippen LogP contribution in [-0.2, 0) is 19.1 Å². The number of phenols is 2. The van der Waals surface area contributed by atoms with Gasteiger partial charge in [-0.1, -0.05) is 13.8 Å². The molecule has 0 fully saturated rings. The number of nitro groups is 1. The van der Waals surface area contributed by atoms with Gasteiger partial charge in [0.1, 0.15) is 0 Å². The number of nitro benzene ring substituents is 1. The molecule has 2 N–H and O–H groups in total. The first-order chi connectivity index (χ1) is 21.3. The fraction of sp³-hybridized carbons (Fsp3) is 0.333. The third kappa shape index (κ3) is 7.85. The lowest BCUT2D eigenvalue weighted by Gasteiger charge is -2.06. The van der Waals surface area contributed by atoms with Gasteiger partial charge in [-0.2, -0.15) is 0 Å². The van der Waals surface area contributed by atoms with Crippen LogP contribution in [0.3, 0.4) is 0 Å². The quantitative estimate of drug-likeness (QED) is 0.0839. The van der Waals surface area contributed by atoms with E-state index in [2.05, 4.69) is 9.47 Å². The average molecular weight is 662 g/mol. The molecule has 4 rings (SSSR count). The largest absolute Gasteiger partial charge is 0.504 e. The molecular formula is C30H31NO12S2. The lowest BCUT2D eigenvalue weighted by molar-refractivity contribution is -0.384. The number of carbonyl (C=O) groups excluding carboxylic acids is 4. The molecule has 15 heteroatoms. The molecule has 0 spiro atoms. The summed E-state index contributed by atoms with van der Waals surface area (Å²) in [4.78, 5) is 58.6. The Morgan fingerprint density at radius 1 is 0.778 bits per heavy atom. The van der Waals surface area contributed by atoms with Gasteiger partial charge in [0.2, 0.25) is 5.75 Å². The number of ether oxygens (including phenoxy) is 4. The third-order valence-corrected chi connectivity index (χ3v) is 8.96. The first kappa shape index (κ1) is 34.7. The first-order valence-electron chi connectivity index (χ1n) is 13.3. The number of ketones is 2. The Morgan fingerprint density at radius 2 is 1.27 bits per heavy atom. The Balaban J connectivity index is 0.000000248. The number of methoxy groups -OCH3 is 4. The van der Waals surface area contributed by atoms with Crippen LogP contribution in [0.1, 0.15) is 46.0 Å². The molecule has 0 aliphatic carbocycles. The molecule has 2 aromatic heterocycles. The van der Waals surface area contributed by atoms with Gasteiger partial charge in [-0.15, -0.1) is 22.7 Å². The number of Topliss-reactive ketones (excluding diaryl/α,β-unsaturated/α-hetero) is 2. The van der Waals surface area contributed by atoms with Gasteiger partial charge in [0.05, 0.1) is 60.3 Å². The van der Waals surface area contributed by atoms with Crippen LogP contribution < -0.4 is 9.47 Å². The number of fused-ring (bicyclic) bond motifs is 2. The second-order valence-electron chi connectivity index (χ2n) is 9.83. The summed E-state index contributed by atoms with van der Waals surface area (Å²) in [6, 6.07) is 7.75. The lowest BCUT2D eigenvalue weighted by Crippen LogP contribution is -2.16. The molecule has 0 aliphatic rings. The summed E-state index contributed by atoms with van der Waals surface area (Å²) in [6.07, 6.45) is 0.0268. The van der Waals surface area contributed by atoms with E-state index in [1.54, 1.807) is 32.0 Å². The van der Waals surface area contributed by atoms with E-state index in [4.69, 9.17) is 9.47 Å². The van der Waals surface area contributed by atoms with Crippen LogP contribution in [-0.4, -0.2) is 67.1 Å². The van der Waals surface area contributed by atoms with Crippen LogP contribution in [0.2, 0.25) is 0 Å². The van der Waals surface area contributed by atoms with Crippen LogP contribution in [0, 0.1) is 22.0 Å². The van der Waals surface area contributed by atoms with Gasteiger partial charge < -0.3 is 29.2 Å². The zero-order valence-corrected chi connectivity index (χ0v) is 26.8. The average Bonchev–Trinajstić information content (AvgIpc) is 3.63. The standard InChI is InChI=1S/C15H15NO7S.C15H16O5S/c1-7(15(19)23-3)4-9(17)12-5-8-11(24-12)6-10(22-2)14(18)13(8)16(20)21;1-8(15(18)20-3)4-11(17)14-6-9-5-10(16)12(19-2)7-13(9)21-14/h5-7,18H,4H2,1-3H3;5-8,16H,4H2,1-3H3/t7-;8-/m00/s1. The summed E-state index contributed by atoms with van der Waals surface area (Å²) in [5, 5.41) is 31.8. The van der Waals surface area contributed by atoms with Crippen LogP contribution in [0.25, 0.3) is 20.2 Å². The summed E-state index contributed by atoms with van der Waals surface area (Å²) in [5.41, 5.74) is -0.513. The molecule has 4 aromatic rings. The molecular weight excluding hydrogens is 630 g/mol. The van der Waals surface area contributed by atoms with Crippen molar-refractivity contribution in [3.63, 3.8) is 0 Å². The van der Waals surface area contributed by atoms with Gasteiger partial charge in [-0.05, 0) is 23.6 Å². The topological polar surface area (TPSA) is 189 Å². The molecule has 0 radical (unpaired) electrons. The summed E-state index contributed by atoms with van der Waals surface area (Å²) >= 11 is 2.35. The fourth-order valence-corrected chi connectivity index (χ4v) is 6.35. The van der Waals surface area contributed by atoms with Gasteiger partial charge >= 0.3 is 17.6 Å². The van der Waals surface area contributed by atoms with E-state index in [-0.39, 0.29) is 46.2 Å². The van der Waals surface area contributed by atoms with E-state index in [0.29, 0.717) is 15.3 Å². The van der Waals surface area contributed by atoms with E-state index < -0.39 is 40.1 Å². The Bertz CT molecular complexity index is 1770. The molecule has 0 amide bonds. The van der Waals surface area contributed by atoms with E-state index in [9.17, 15) is 39.5 Å². The van der Waals surface area contributed by atoms with Gasteiger partial charge in [0.25, 0.3) is 0 Å². The number of nitrogens with zero attached hydrogens (tertiary/aromatic N) is 1. The number of thiophene rings is 2. The zero-order chi connectivity index (χ0) is 33.6.